The highest BCUT2D eigenvalue weighted by Crippen LogP contribution is 2.31. The molecule has 2 N–H and O–H groups in total. The molecule has 2 rings (SSSR count). The smallest absolute Gasteiger partial charge is 0.125 e. The van der Waals surface area contributed by atoms with Crippen molar-refractivity contribution < 1.29 is 14.9 Å². The maximum atomic E-state index is 10.1. The van der Waals surface area contributed by atoms with Crippen molar-refractivity contribution in [3.05, 3.63) is 28.8 Å². The Morgan fingerprint density at radius 2 is 2.00 bits per heavy atom. The first kappa shape index (κ1) is 14.6. The van der Waals surface area contributed by atoms with E-state index in [-0.39, 0.29) is 6.10 Å². The second-order valence-electron chi connectivity index (χ2n) is 5.22. The molecule has 2 unspecified atom stereocenters. The van der Waals surface area contributed by atoms with E-state index in [4.69, 9.17) is 16.3 Å². The summed E-state index contributed by atoms with van der Waals surface area (Å²) in [6.45, 7) is 1.68. The van der Waals surface area contributed by atoms with Crippen molar-refractivity contribution in [2.45, 2.75) is 57.3 Å². The third-order valence-corrected chi connectivity index (χ3v) is 3.85. The predicted octanol–water partition coefficient (Wildman–Crippen LogP) is 3.47. The van der Waals surface area contributed by atoms with Crippen LogP contribution in [0.2, 0.25) is 5.02 Å². The maximum Gasteiger partial charge on any atom is 0.125 e. The van der Waals surface area contributed by atoms with E-state index >= 15 is 0 Å². The zero-order valence-electron chi connectivity index (χ0n) is 11.2. The van der Waals surface area contributed by atoms with E-state index in [2.05, 4.69) is 0 Å². The molecule has 106 valence electrons. The summed E-state index contributed by atoms with van der Waals surface area (Å²) in [4.78, 5) is 0. The summed E-state index contributed by atoms with van der Waals surface area (Å²) in [5.41, 5.74) is 0.670. The molecule has 0 aliphatic heterocycles. The number of aliphatic hydroxyl groups excluding tert-OH is 2. The Hall–Kier alpha value is -0.770. The van der Waals surface area contributed by atoms with Gasteiger partial charge in [0, 0.05) is 10.6 Å². The molecule has 0 aromatic heterocycles. The Morgan fingerprint density at radius 3 is 2.74 bits per heavy atom. The summed E-state index contributed by atoms with van der Waals surface area (Å²) >= 11 is 5.94. The lowest BCUT2D eigenvalue weighted by atomic mass is 10.1. The van der Waals surface area contributed by atoms with Crippen molar-refractivity contribution in [3.8, 4) is 5.75 Å². The van der Waals surface area contributed by atoms with E-state index in [1.165, 1.54) is 0 Å². The average molecular weight is 285 g/mol. The first-order chi connectivity index (χ1) is 9.08. The van der Waals surface area contributed by atoms with Crippen molar-refractivity contribution in [2.75, 3.05) is 0 Å². The van der Waals surface area contributed by atoms with Crippen LogP contribution in [0.3, 0.4) is 0 Å². The molecule has 0 heterocycles. The van der Waals surface area contributed by atoms with Gasteiger partial charge in [-0.1, -0.05) is 24.4 Å². The first-order valence-corrected chi connectivity index (χ1v) is 7.28. The molecule has 0 radical (unpaired) electrons. The van der Waals surface area contributed by atoms with Gasteiger partial charge in [0.15, 0.2) is 0 Å². The van der Waals surface area contributed by atoms with Crippen LogP contribution in [-0.2, 0) is 0 Å². The van der Waals surface area contributed by atoms with Crippen LogP contribution in [0.1, 0.15) is 50.7 Å². The fourth-order valence-corrected chi connectivity index (χ4v) is 2.69. The lowest BCUT2D eigenvalue weighted by Gasteiger charge is -2.24. The van der Waals surface area contributed by atoms with Crippen molar-refractivity contribution in [1.82, 2.24) is 0 Å². The van der Waals surface area contributed by atoms with Crippen molar-refractivity contribution in [1.29, 1.82) is 0 Å². The number of hydrogen-bond donors (Lipinski definition) is 2. The van der Waals surface area contributed by atoms with Crippen molar-refractivity contribution >= 4 is 11.6 Å². The lowest BCUT2D eigenvalue weighted by Crippen LogP contribution is -2.30. The van der Waals surface area contributed by atoms with Crippen LogP contribution in [-0.4, -0.2) is 22.4 Å². The second-order valence-corrected chi connectivity index (χ2v) is 5.66. The molecule has 1 fully saturated rings. The van der Waals surface area contributed by atoms with Gasteiger partial charge in [0.25, 0.3) is 0 Å². The molecule has 0 bridgehead atoms. The molecule has 3 atom stereocenters. The molecule has 1 aliphatic rings. The Bertz CT molecular complexity index is 420. The van der Waals surface area contributed by atoms with E-state index in [0.29, 0.717) is 16.3 Å². The number of hydrogen-bond acceptors (Lipinski definition) is 3. The molecule has 1 aromatic rings. The van der Waals surface area contributed by atoms with Crippen molar-refractivity contribution in [2.24, 2.45) is 0 Å². The SMILES string of the molecule is C[C@@H](O)c1cc(Cl)ccc1OC1CCCCCC1O. The van der Waals surface area contributed by atoms with Gasteiger partial charge in [0.2, 0.25) is 0 Å². The molecule has 3 nitrogen and oxygen atoms in total. The molecule has 1 aromatic carbocycles. The summed E-state index contributed by atoms with van der Waals surface area (Å²) in [5, 5.41) is 20.4. The van der Waals surface area contributed by atoms with Crippen LogP contribution in [0.5, 0.6) is 5.75 Å². The van der Waals surface area contributed by atoms with E-state index in [9.17, 15) is 10.2 Å². The summed E-state index contributed by atoms with van der Waals surface area (Å²) in [6, 6.07) is 5.22. The van der Waals surface area contributed by atoms with Crippen LogP contribution < -0.4 is 4.74 Å². The monoisotopic (exact) mass is 284 g/mol. The largest absolute Gasteiger partial charge is 0.487 e. The van der Waals surface area contributed by atoms with Gasteiger partial charge in [-0.3, -0.25) is 0 Å². The van der Waals surface area contributed by atoms with Gasteiger partial charge in [-0.15, -0.1) is 0 Å². The van der Waals surface area contributed by atoms with Crippen LogP contribution in [0.4, 0.5) is 0 Å². The van der Waals surface area contributed by atoms with E-state index < -0.39 is 12.2 Å². The third kappa shape index (κ3) is 3.85. The fraction of sp³-hybridized carbons (Fsp3) is 0.600. The molecular weight excluding hydrogens is 264 g/mol. The standard InChI is InChI=1S/C15H21ClO3/c1-10(17)12-9-11(16)7-8-14(12)19-15-6-4-2-3-5-13(15)18/h7-10,13,15,17-18H,2-6H2,1H3/t10-,13?,15?/m1/s1. The number of halogens is 1. The highest BCUT2D eigenvalue weighted by molar-refractivity contribution is 6.30. The molecule has 4 heteroatoms. The van der Waals surface area contributed by atoms with Gasteiger partial charge in [-0.2, -0.15) is 0 Å². The lowest BCUT2D eigenvalue weighted by molar-refractivity contribution is 0.0299. The van der Waals surface area contributed by atoms with Gasteiger partial charge < -0.3 is 14.9 Å². The summed E-state index contributed by atoms with van der Waals surface area (Å²) in [7, 11) is 0. The Labute approximate surface area is 119 Å². The van der Waals surface area contributed by atoms with E-state index in [0.717, 1.165) is 32.1 Å². The van der Waals surface area contributed by atoms with Crippen LogP contribution in [0.15, 0.2) is 18.2 Å². The topological polar surface area (TPSA) is 49.7 Å². The summed E-state index contributed by atoms with van der Waals surface area (Å²) < 4.78 is 5.93. The molecule has 1 aliphatic carbocycles. The molecule has 19 heavy (non-hydrogen) atoms. The minimum absolute atomic E-state index is 0.193. The Kier molecular flexibility index (Phi) is 5.08. The van der Waals surface area contributed by atoms with Gasteiger partial charge in [0.1, 0.15) is 11.9 Å². The highest BCUT2D eigenvalue weighted by atomic mass is 35.5. The Morgan fingerprint density at radius 1 is 1.26 bits per heavy atom. The van der Waals surface area contributed by atoms with Crippen LogP contribution in [0.25, 0.3) is 0 Å². The number of aliphatic hydroxyl groups is 2. The molecule has 0 amide bonds. The summed E-state index contributed by atoms with van der Waals surface area (Å²) in [6.07, 6.45) is 3.62. The van der Waals surface area contributed by atoms with Crippen LogP contribution >= 0.6 is 11.6 Å². The number of benzene rings is 1. The maximum absolute atomic E-state index is 10.1. The summed E-state index contributed by atoms with van der Waals surface area (Å²) in [5.74, 6) is 0.616. The van der Waals surface area contributed by atoms with Gasteiger partial charge >= 0.3 is 0 Å². The minimum atomic E-state index is -0.642. The van der Waals surface area contributed by atoms with Crippen molar-refractivity contribution in [3.63, 3.8) is 0 Å². The number of rotatable bonds is 3. The van der Waals surface area contributed by atoms with E-state index in [1.807, 2.05) is 0 Å². The minimum Gasteiger partial charge on any atom is -0.487 e. The molecule has 0 spiro atoms. The molecule has 1 saturated carbocycles. The molecule has 0 saturated heterocycles. The van der Waals surface area contributed by atoms with Gasteiger partial charge in [0.05, 0.1) is 12.2 Å². The zero-order valence-corrected chi connectivity index (χ0v) is 11.9. The second kappa shape index (κ2) is 6.60. The average Bonchev–Trinajstić information content (AvgIpc) is 2.57. The molecular formula is C15H21ClO3. The first-order valence-electron chi connectivity index (χ1n) is 6.90. The third-order valence-electron chi connectivity index (χ3n) is 3.62. The zero-order chi connectivity index (χ0) is 13.8. The van der Waals surface area contributed by atoms with E-state index in [1.54, 1.807) is 25.1 Å². The van der Waals surface area contributed by atoms with Gasteiger partial charge in [-0.25, -0.2) is 0 Å². The normalized spacial score (nSPS) is 25.7. The fourth-order valence-electron chi connectivity index (χ4n) is 2.51. The van der Waals surface area contributed by atoms with Gasteiger partial charge in [-0.05, 0) is 44.4 Å². The number of ether oxygens (including phenoxy) is 1. The highest BCUT2D eigenvalue weighted by Gasteiger charge is 2.24. The van der Waals surface area contributed by atoms with Crippen LogP contribution in [0, 0.1) is 0 Å². The quantitative estimate of drug-likeness (QED) is 0.836. The Balaban J connectivity index is 2.17. The predicted molar refractivity (Wildman–Crippen MR) is 75.6 cm³/mol.